The second-order valence-corrected chi connectivity index (χ2v) is 9.99. The van der Waals surface area contributed by atoms with Crippen molar-refractivity contribution in [1.29, 1.82) is 0 Å². The molecule has 2 N–H and O–H groups in total. The number of amides is 1. The molecule has 0 aliphatic heterocycles. The second kappa shape index (κ2) is 12.0. The van der Waals surface area contributed by atoms with E-state index in [1.54, 1.807) is 36.4 Å². The molecule has 190 valence electrons. The van der Waals surface area contributed by atoms with E-state index in [2.05, 4.69) is 15.5 Å². The monoisotopic (exact) mass is 581 g/mol. The van der Waals surface area contributed by atoms with E-state index in [0.29, 0.717) is 22.2 Å². The van der Waals surface area contributed by atoms with Crippen LogP contribution >= 0.6 is 23.2 Å². The number of carbonyl (C=O) groups is 1. The van der Waals surface area contributed by atoms with Gasteiger partial charge in [-0.15, -0.1) is 0 Å². The Morgan fingerprint density at radius 2 is 1.74 bits per heavy atom. The number of rotatable bonds is 6. The van der Waals surface area contributed by atoms with Gasteiger partial charge in [0, 0.05) is 16.6 Å². The van der Waals surface area contributed by atoms with Crippen LogP contribution < -0.4 is 44.7 Å². The largest absolute Gasteiger partial charge is 1.00 e. The van der Waals surface area contributed by atoms with Gasteiger partial charge in [-0.1, -0.05) is 53.2 Å². The summed E-state index contributed by atoms with van der Waals surface area (Å²) < 4.78 is 38.1. The molecule has 0 aliphatic carbocycles. The zero-order valence-corrected chi connectivity index (χ0v) is 24.6. The average molecular weight is 582 g/mol. The normalized spacial score (nSPS) is 11.4. The van der Waals surface area contributed by atoms with Gasteiger partial charge in [-0.05, 0) is 54.3 Å². The van der Waals surface area contributed by atoms with Crippen molar-refractivity contribution >= 4 is 67.1 Å². The molecular formula is C25H18Cl2N3NaO6S. The molecule has 0 heterocycles. The van der Waals surface area contributed by atoms with Crippen LogP contribution in [0.1, 0.15) is 15.9 Å². The van der Waals surface area contributed by atoms with Gasteiger partial charge < -0.3 is 15.2 Å². The number of azo groups is 1. The van der Waals surface area contributed by atoms with Crippen LogP contribution in [0.2, 0.25) is 10.0 Å². The first-order valence-electron chi connectivity index (χ1n) is 10.6. The first kappa shape index (κ1) is 29.9. The molecule has 4 aromatic carbocycles. The Balaban J connectivity index is 0.00000400. The third kappa shape index (κ3) is 6.13. The molecule has 38 heavy (non-hydrogen) atoms. The van der Waals surface area contributed by atoms with Crippen molar-refractivity contribution < 1.29 is 57.2 Å². The van der Waals surface area contributed by atoms with Gasteiger partial charge in [-0.2, -0.15) is 18.6 Å². The van der Waals surface area contributed by atoms with Crippen molar-refractivity contribution in [2.24, 2.45) is 10.2 Å². The van der Waals surface area contributed by atoms with E-state index < -0.39 is 26.7 Å². The van der Waals surface area contributed by atoms with Gasteiger partial charge in [0.2, 0.25) is 0 Å². The predicted molar refractivity (Wildman–Crippen MR) is 140 cm³/mol. The molecule has 0 radical (unpaired) electrons. The Kier molecular flexibility index (Phi) is 9.43. The van der Waals surface area contributed by atoms with Crippen LogP contribution in [0.3, 0.4) is 0 Å². The molecule has 0 saturated carbocycles. The molecule has 0 unspecified atom stereocenters. The summed E-state index contributed by atoms with van der Waals surface area (Å²) in [5.41, 5.74) is 0.134. The van der Waals surface area contributed by atoms with Crippen LogP contribution in [0.4, 0.5) is 17.1 Å². The maximum Gasteiger partial charge on any atom is 1.00 e. The number of hydrogen-bond acceptors (Lipinski definition) is 7. The van der Waals surface area contributed by atoms with Gasteiger partial charge in [-0.25, -0.2) is 0 Å². The molecule has 1 amide bonds. The predicted octanol–water partition coefficient (Wildman–Crippen LogP) is 3.46. The van der Waals surface area contributed by atoms with Gasteiger partial charge in [-0.3, -0.25) is 9.35 Å². The number of hydrogen-bond donors (Lipinski definition) is 2. The molecule has 9 nitrogen and oxygen atoms in total. The second-order valence-electron chi connectivity index (χ2n) is 7.82. The fraction of sp³-hybridized carbons (Fsp3) is 0.0800. The molecule has 0 spiro atoms. The number of methoxy groups -OCH3 is 1. The molecule has 4 aromatic rings. The first-order valence-corrected chi connectivity index (χ1v) is 12.8. The minimum Gasteiger partial charge on any atom is -0.870 e. The number of ether oxygens (including phenoxy) is 1. The minimum atomic E-state index is -4.63. The number of nitrogens with one attached hydrogen (secondary N) is 1. The molecule has 0 aliphatic rings. The molecule has 13 heteroatoms. The number of fused-ring (bicyclic) bond motifs is 1. The molecule has 0 atom stereocenters. The number of anilines is 1. The van der Waals surface area contributed by atoms with E-state index >= 15 is 0 Å². The van der Waals surface area contributed by atoms with Gasteiger partial charge in [0.05, 0.1) is 28.5 Å². The van der Waals surface area contributed by atoms with E-state index in [4.69, 9.17) is 27.9 Å². The van der Waals surface area contributed by atoms with Crippen LogP contribution in [0.15, 0.2) is 75.8 Å². The van der Waals surface area contributed by atoms with Crippen LogP contribution in [0.25, 0.3) is 10.8 Å². The van der Waals surface area contributed by atoms with Gasteiger partial charge >= 0.3 is 29.6 Å². The molecule has 0 bridgehead atoms. The fourth-order valence-electron chi connectivity index (χ4n) is 3.70. The van der Waals surface area contributed by atoms with Crippen molar-refractivity contribution in [3.05, 3.63) is 81.8 Å². The maximum absolute atomic E-state index is 13.4. The van der Waals surface area contributed by atoms with Crippen LogP contribution in [-0.2, 0) is 10.1 Å². The Labute approximate surface area is 250 Å². The number of carbonyl (C=O) groups excluding carboxylic acids is 1. The van der Waals surface area contributed by atoms with Crippen molar-refractivity contribution in [1.82, 2.24) is 0 Å². The molecule has 0 saturated heterocycles. The summed E-state index contributed by atoms with van der Waals surface area (Å²) in [4.78, 5) is 12.5. The number of benzene rings is 4. The van der Waals surface area contributed by atoms with Crippen LogP contribution in [0.5, 0.6) is 11.5 Å². The third-order valence-corrected chi connectivity index (χ3v) is 7.24. The topological polar surface area (TPSA) is 140 Å². The van der Waals surface area contributed by atoms with E-state index in [1.165, 1.54) is 38.3 Å². The molecule has 0 fully saturated rings. The summed E-state index contributed by atoms with van der Waals surface area (Å²) in [6.07, 6.45) is 0. The average Bonchev–Trinajstić information content (AvgIpc) is 2.83. The van der Waals surface area contributed by atoms with Gasteiger partial charge in [0.25, 0.3) is 16.0 Å². The summed E-state index contributed by atoms with van der Waals surface area (Å²) in [5.74, 6) is -0.960. The third-order valence-electron chi connectivity index (χ3n) is 5.47. The van der Waals surface area contributed by atoms with E-state index in [1.807, 2.05) is 0 Å². The van der Waals surface area contributed by atoms with E-state index in [9.17, 15) is 22.9 Å². The summed E-state index contributed by atoms with van der Waals surface area (Å²) in [7, 11) is -3.17. The number of halogens is 2. The van der Waals surface area contributed by atoms with Gasteiger partial charge in [0.1, 0.15) is 10.6 Å². The summed E-state index contributed by atoms with van der Waals surface area (Å²) in [6, 6.07) is 15.5. The standard InChI is InChI=1S/C25H19Cl2N3O6S.Na/c1-13-20(9-8-18(26)24(13)37(33,34)35)29-30-22-16-6-4-3-5-14(16)11-17(23(22)31)25(32)28-15-7-10-21(36-2)19(27)12-15;/h3-12,31H,1-2H3,(H,28,32)(H,33,34,35);/q;+1/p-1. The van der Waals surface area contributed by atoms with Crippen molar-refractivity contribution in [3.63, 3.8) is 0 Å². The Bertz CT molecular complexity index is 1700. The van der Waals surface area contributed by atoms with Crippen LogP contribution in [0, 0.1) is 6.92 Å². The summed E-state index contributed by atoms with van der Waals surface area (Å²) in [6.45, 7) is 1.39. The summed E-state index contributed by atoms with van der Waals surface area (Å²) in [5, 5.41) is 25.2. The Hall–Kier alpha value is -2.70. The molecule has 0 aromatic heterocycles. The summed E-state index contributed by atoms with van der Waals surface area (Å²) >= 11 is 12.1. The van der Waals surface area contributed by atoms with E-state index in [-0.39, 0.29) is 62.1 Å². The van der Waals surface area contributed by atoms with Crippen molar-refractivity contribution in [3.8, 4) is 11.5 Å². The van der Waals surface area contributed by atoms with Crippen LogP contribution in [-0.4, -0.2) is 26.0 Å². The molecule has 4 rings (SSSR count). The molecular weight excluding hydrogens is 564 g/mol. The van der Waals surface area contributed by atoms with Crippen molar-refractivity contribution in [2.45, 2.75) is 11.8 Å². The maximum atomic E-state index is 13.4. The number of nitrogens with zero attached hydrogens (tertiary/aromatic N) is 2. The Morgan fingerprint density at radius 1 is 1.03 bits per heavy atom. The SMILES string of the molecule is COc1ccc(NC(=O)c2cc3ccccc3c(N=Nc3ccc(Cl)c(S(=O)(=O)O)c3C)c2[O-])cc1Cl.[Na+]. The first-order chi connectivity index (χ1) is 17.5. The van der Waals surface area contributed by atoms with Gasteiger partial charge in [0.15, 0.2) is 0 Å². The minimum absolute atomic E-state index is 0. The van der Waals surface area contributed by atoms with E-state index in [0.717, 1.165) is 0 Å². The zero-order chi connectivity index (χ0) is 26.9. The quantitative estimate of drug-likeness (QED) is 0.203. The smallest absolute Gasteiger partial charge is 0.870 e. The van der Waals surface area contributed by atoms with Crippen molar-refractivity contribution in [2.75, 3.05) is 12.4 Å². The fourth-order valence-corrected chi connectivity index (χ4v) is 5.26. The Morgan fingerprint density at radius 3 is 2.39 bits per heavy atom. The zero-order valence-electron chi connectivity index (χ0n) is 20.3.